The van der Waals surface area contributed by atoms with Crippen LogP contribution in [0.5, 0.6) is 23.0 Å². The van der Waals surface area contributed by atoms with E-state index < -0.39 is 24.4 Å². The molecule has 0 saturated carbocycles. The summed E-state index contributed by atoms with van der Waals surface area (Å²) < 4.78 is 50.7. The fourth-order valence-corrected chi connectivity index (χ4v) is 10.9. The predicted molar refractivity (Wildman–Crippen MR) is 354 cm³/mol. The molecule has 9 rings (SSSR count). The fraction of sp³-hybridized carbons (Fsp3) is 0.316. The van der Waals surface area contributed by atoms with E-state index in [0.717, 1.165) is 115 Å². The minimum Gasteiger partial charge on any atom is -0.493 e. The number of hydrogen-bond acceptors (Lipinski definition) is 12. The first-order chi connectivity index (χ1) is 45.0. The van der Waals surface area contributed by atoms with Gasteiger partial charge < -0.3 is 59.2 Å². The molecule has 0 atom stereocenters. The van der Waals surface area contributed by atoms with Crippen LogP contribution in [0.4, 0.5) is 19.2 Å². The predicted octanol–water partition coefficient (Wildman–Crippen LogP) is 15.2. The molecule has 1 aliphatic carbocycles. The zero-order valence-electron chi connectivity index (χ0n) is 53.2. The summed E-state index contributed by atoms with van der Waals surface area (Å²) in [6.07, 6.45) is 1.78. The van der Waals surface area contributed by atoms with Gasteiger partial charge in [-0.25, -0.2) is 19.2 Å². The van der Waals surface area contributed by atoms with Crippen molar-refractivity contribution in [1.82, 2.24) is 21.3 Å². The highest BCUT2D eigenvalue weighted by molar-refractivity contribution is 5.69. The normalized spacial score (nSPS) is 11.5. The lowest BCUT2D eigenvalue weighted by Crippen LogP contribution is -2.24. The lowest BCUT2D eigenvalue weighted by atomic mass is 9.88. The third-order valence-corrected chi connectivity index (χ3v) is 15.1. The summed E-state index contributed by atoms with van der Waals surface area (Å²) in [5, 5.41) is 12.1. The molecule has 4 amide bonds. The van der Waals surface area contributed by atoms with Crippen LogP contribution in [-0.2, 0) is 97.2 Å². The van der Waals surface area contributed by atoms with Crippen LogP contribution in [0, 0.1) is 0 Å². The molecule has 8 aromatic carbocycles. The molecule has 16 heteroatoms. The van der Waals surface area contributed by atoms with E-state index in [9.17, 15) is 19.2 Å². The molecule has 1 aliphatic rings. The van der Waals surface area contributed by atoms with E-state index in [0.29, 0.717) is 75.1 Å². The summed E-state index contributed by atoms with van der Waals surface area (Å²) in [5.74, 6) is 2.67. The summed E-state index contributed by atoms with van der Waals surface area (Å²) >= 11 is 0. The van der Waals surface area contributed by atoms with Gasteiger partial charge in [-0.2, -0.15) is 0 Å². The van der Waals surface area contributed by atoms with E-state index in [2.05, 4.69) is 97.5 Å². The molecule has 0 spiro atoms. The summed E-state index contributed by atoms with van der Waals surface area (Å²) in [7, 11) is 0. The van der Waals surface area contributed by atoms with Gasteiger partial charge in [0, 0.05) is 51.9 Å². The maximum atomic E-state index is 13.5. The second-order valence-electron chi connectivity index (χ2n) is 22.7. The van der Waals surface area contributed by atoms with Crippen LogP contribution in [0.1, 0.15) is 142 Å². The minimum absolute atomic E-state index is 0.0997. The summed E-state index contributed by atoms with van der Waals surface area (Å²) in [4.78, 5) is 54.2. The second kappa shape index (κ2) is 34.9. The monoisotopic (exact) mass is 1240 g/mol. The fourth-order valence-electron chi connectivity index (χ4n) is 10.9. The van der Waals surface area contributed by atoms with Crippen LogP contribution in [-0.4, -0.2) is 50.8 Å². The summed E-state index contributed by atoms with van der Waals surface area (Å²) in [6, 6.07) is 54.6. The van der Waals surface area contributed by atoms with E-state index in [1.165, 1.54) is 0 Å². The molecule has 16 nitrogen and oxygen atoms in total. The van der Waals surface area contributed by atoms with Gasteiger partial charge in [0.2, 0.25) is 0 Å². The smallest absolute Gasteiger partial charge is 0.407 e. The summed E-state index contributed by atoms with van der Waals surface area (Å²) in [6.45, 7) is 10.8. The molecule has 480 valence electrons. The molecule has 92 heavy (non-hydrogen) atoms. The first kappa shape index (κ1) is 66.5. The van der Waals surface area contributed by atoms with E-state index >= 15 is 0 Å². The van der Waals surface area contributed by atoms with Crippen molar-refractivity contribution in [2.75, 3.05) is 26.4 Å². The number of carbonyl (C=O) groups excluding carboxylic acids is 4. The first-order valence-electron chi connectivity index (χ1n) is 31.9. The van der Waals surface area contributed by atoms with Crippen LogP contribution < -0.4 is 40.2 Å². The number of alkyl carbamates (subject to hydrolysis) is 4. The number of benzene rings is 8. The minimum atomic E-state index is -0.574. The largest absolute Gasteiger partial charge is 0.493 e. The third-order valence-electron chi connectivity index (χ3n) is 15.1. The van der Waals surface area contributed by atoms with Gasteiger partial charge in [0.25, 0.3) is 0 Å². The van der Waals surface area contributed by atoms with Gasteiger partial charge in [-0.1, -0.05) is 149 Å². The quantitative estimate of drug-likeness (QED) is 0.0340. The van der Waals surface area contributed by atoms with Crippen molar-refractivity contribution in [2.45, 2.75) is 132 Å². The van der Waals surface area contributed by atoms with Crippen LogP contribution in [0.2, 0.25) is 0 Å². The van der Waals surface area contributed by atoms with Crippen molar-refractivity contribution >= 4 is 24.4 Å². The Labute approximate surface area is 540 Å². The Bertz CT molecular complexity index is 3120. The molecule has 0 unspecified atom stereocenters. The van der Waals surface area contributed by atoms with E-state index in [1.54, 1.807) is 0 Å². The Morgan fingerprint density at radius 3 is 0.641 bits per heavy atom. The zero-order valence-corrected chi connectivity index (χ0v) is 53.2. The number of ether oxygens (including phenoxy) is 8. The van der Waals surface area contributed by atoms with Crippen molar-refractivity contribution in [3.05, 3.63) is 259 Å². The Morgan fingerprint density at radius 1 is 0.283 bits per heavy atom. The average molecular weight is 1250 g/mol. The van der Waals surface area contributed by atoms with Gasteiger partial charge in [-0.05, 0) is 163 Å². The molecule has 0 saturated heterocycles. The molecule has 0 aliphatic heterocycles. The number of nitrogens with one attached hydrogen (secondary N) is 4. The Kier molecular flexibility index (Phi) is 25.2. The van der Waals surface area contributed by atoms with E-state index in [4.69, 9.17) is 37.9 Å². The zero-order chi connectivity index (χ0) is 64.3. The van der Waals surface area contributed by atoms with Crippen LogP contribution >= 0.6 is 0 Å². The maximum Gasteiger partial charge on any atom is 0.407 e. The number of amides is 4. The molecule has 0 aromatic heterocycles. The highest BCUT2D eigenvalue weighted by atomic mass is 16.6. The van der Waals surface area contributed by atoms with Crippen molar-refractivity contribution < 1.29 is 57.1 Å². The molecule has 8 bridgehead atoms. The van der Waals surface area contributed by atoms with Crippen molar-refractivity contribution in [3.8, 4) is 23.0 Å². The standard InChI is InChI=1S/C76H84N4O12/c1-5-29-85-69-61-33-57(45-77-73(81)89-49-53-21-13-9-14-22-53)34-62(69)42-64-36-59(47-79-75(83)91-51-55-25-17-11-18-26-55)38-66(71(64)87-31-7-3)44-68-40-60(48-80-76(84)92-52-56-27-19-12-20-28-56)39-67(72(68)88-32-8-4)43-65-37-58(35-63(41-61)70(65)86-30-6-2)46-78-74(82)90-50-54-23-15-10-16-24-54/h9-28,33-40H,5-8,29-32,41-52H2,1-4H3,(H,77,81)(H,78,82)(H,79,83)(H,80,84). The summed E-state index contributed by atoms with van der Waals surface area (Å²) in [5.41, 5.74) is 13.2. The molecule has 8 aromatic rings. The Balaban J connectivity index is 1.21. The van der Waals surface area contributed by atoms with Crippen LogP contribution in [0.15, 0.2) is 170 Å². The topological polar surface area (TPSA) is 190 Å². The third kappa shape index (κ3) is 20.0. The van der Waals surface area contributed by atoms with Gasteiger partial charge in [-0.15, -0.1) is 0 Å². The van der Waals surface area contributed by atoms with Gasteiger partial charge in [0.15, 0.2) is 0 Å². The van der Waals surface area contributed by atoms with Gasteiger partial charge in [0.1, 0.15) is 49.4 Å². The van der Waals surface area contributed by atoms with E-state index in [1.807, 2.05) is 121 Å². The van der Waals surface area contributed by atoms with E-state index in [-0.39, 0.29) is 52.6 Å². The highest BCUT2D eigenvalue weighted by Gasteiger charge is 2.26. The first-order valence-corrected chi connectivity index (χ1v) is 31.9. The van der Waals surface area contributed by atoms with Crippen LogP contribution in [0.3, 0.4) is 0 Å². The number of fused-ring (bicyclic) bond motifs is 8. The lowest BCUT2D eigenvalue weighted by molar-refractivity contribution is 0.138. The maximum absolute atomic E-state index is 13.5. The highest BCUT2D eigenvalue weighted by Crippen LogP contribution is 2.41. The van der Waals surface area contributed by atoms with Crippen molar-refractivity contribution in [2.24, 2.45) is 0 Å². The Hall–Kier alpha value is -9.96. The van der Waals surface area contributed by atoms with Crippen LogP contribution in [0.25, 0.3) is 0 Å². The molecule has 4 N–H and O–H groups in total. The van der Waals surface area contributed by atoms with Crippen molar-refractivity contribution in [1.29, 1.82) is 0 Å². The number of carbonyl (C=O) groups is 4. The van der Waals surface area contributed by atoms with Gasteiger partial charge in [0.05, 0.1) is 26.4 Å². The number of rotatable bonds is 28. The Morgan fingerprint density at radius 2 is 0.467 bits per heavy atom. The molecular weight excluding hydrogens is 1160 g/mol. The van der Waals surface area contributed by atoms with Gasteiger partial charge >= 0.3 is 24.4 Å². The SMILES string of the molecule is CCCOc1c2cc(CNC(=O)OCc3ccccc3)cc1Cc1cc(CNC(=O)OCc3ccccc3)cc(c1OCCC)Cc1cc(CNC(=O)OCc3ccccc3)cc(c1OCCC)Cc1cc(CNC(=O)OCc3ccccc3)cc(c1OCCC)C2. The molecule has 0 fully saturated rings. The average Bonchev–Trinajstić information content (AvgIpc) is 2.27. The van der Waals surface area contributed by atoms with Gasteiger partial charge in [-0.3, -0.25) is 0 Å². The lowest BCUT2D eigenvalue weighted by Gasteiger charge is -2.25. The number of hydrogen-bond donors (Lipinski definition) is 4. The molecule has 0 radical (unpaired) electrons. The molecular formula is C76H84N4O12. The van der Waals surface area contributed by atoms with Crippen molar-refractivity contribution in [3.63, 3.8) is 0 Å². The second-order valence-corrected chi connectivity index (χ2v) is 22.7. The molecule has 0 heterocycles.